The second-order valence-corrected chi connectivity index (χ2v) is 5.42. The number of halogens is 1. The fraction of sp³-hybridized carbons (Fsp3) is 0.636. The molecule has 2 rings (SSSR count). The van der Waals surface area contributed by atoms with Gasteiger partial charge in [0.15, 0.2) is 0 Å². The highest BCUT2D eigenvalue weighted by atomic mass is 127. The Hall–Kier alpha value is -0.430. The number of hydrogen-bond acceptors (Lipinski definition) is 3. The summed E-state index contributed by atoms with van der Waals surface area (Å²) in [7, 11) is 0. The Labute approximate surface area is 109 Å². The van der Waals surface area contributed by atoms with Gasteiger partial charge in [0.1, 0.15) is 5.82 Å². The molecule has 0 amide bonds. The molecule has 0 atom stereocenters. The zero-order valence-electron chi connectivity index (χ0n) is 9.37. The summed E-state index contributed by atoms with van der Waals surface area (Å²) in [4.78, 5) is 16.2. The molecule has 0 saturated carbocycles. The van der Waals surface area contributed by atoms with Gasteiger partial charge in [-0.1, -0.05) is 0 Å². The first-order valence-electron chi connectivity index (χ1n) is 5.61. The van der Waals surface area contributed by atoms with Gasteiger partial charge in [-0.25, -0.2) is 4.98 Å². The molecule has 1 fully saturated rings. The highest BCUT2D eigenvalue weighted by Crippen LogP contribution is 2.14. The van der Waals surface area contributed by atoms with Crippen LogP contribution in [-0.4, -0.2) is 22.6 Å². The fourth-order valence-corrected chi connectivity index (χ4v) is 2.52. The van der Waals surface area contributed by atoms with Crippen molar-refractivity contribution in [1.82, 2.24) is 14.9 Å². The van der Waals surface area contributed by atoms with Crippen molar-refractivity contribution < 1.29 is 0 Å². The lowest BCUT2D eigenvalue weighted by molar-refractivity contribution is 0.325. The summed E-state index contributed by atoms with van der Waals surface area (Å²) in [6.45, 7) is 4.85. The van der Waals surface area contributed by atoms with Crippen molar-refractivity contribution >= 4 is 22.6 Å². The fourth-order valence-electron chi connectivity index (χ4n) is 2.09. The van der Waals surface area contributed by atoms with Crippen LogP contribution >= 0.6 is 22.6 Å². The molecular weight excluding hydrogens is 317 g/mol. The average molecular weight is 333 g/mol. The first-order valence-corrected chi connectivity index (χ1v) is 6.69. The third-order valence-electron chi connectivity index (χ3n) is 3.10. The van der Waals surface area contributed by atoms with Crippen LogP contribution in [0.3, 0.4) is 0 Å². The highest BCUT2D eigenvalue weighted by molar-refractivity contribution is 14.1. The number of aryl methyl sites for hydroxylation is 1. The highest BCUT2D eigenvalue weighted by Gasteiger charge is 2.15. The Kier molecular flexibility index (Phi) is 3.96. The van der Waals surface area contributed by atoms with Gasteiger partial charge in [-0.05, 0) is 61.4 Å². The van der Waals surface area contributed by atoms with E-state index in [0.717, 1.165) is 38.3 Å². The van der Waals surface area contributed by atoms with Crippen molar-refractivity contribution in [3.63, 3.8) is 0 Å². The zero-order chi connectivity index (χ0) is 11.5. The predicted octanol–water partition coefficient (Wildman–Crippen LogP) is 1.16. The van der Waals surface area contributed by atoms with E-state index in [2.05, 4.69) is 32.9 Å². The third kappa shape index (κ3) is 2.63. The second-order valence-electron chi connectivity index (χ2n) is 4.26. The number of nitrogens with zero attached hydrogens (tertiary/aromatic N) is 2. The quantitative estimate of drug-likeness (QED) is 0.826. The van der Waals surface area contributed by atoms with E-state index in [9.17, 15) is 4.79 Å². The Morgan fingerprint density at radius 3 is 2.94 bits per heavy atom. The maximum Gasteiger partial charge on any atom is 0.266 e. The lowest BCUT2D eigenvalue weighted by Gasteiger charge is -2.23. The molecule has 16 heavy (non-hydrogen) atoms. The van der Waals surface area contributed by atoms with E-state index in [1.807, 2.05) is 11.5 Å². The van der Waals surface area contributed by atoms with Crippen LogP contribution in [-0.2, 0) is 6.54 Å². The van der Waals surface area contributed by atoms with Gasteiger partial charge in [0, 0.05) is 12.7 Å². The minimum Gasteiger partial charge on any atom is -0.317 e. The smallest absolute Gasteiger partial charge is 0.266 e. The number of hydrogen-bond donors (Lipinski definition) is 1. The topological polar surface area (TPSA) is 46.9 Å². The van der Waals surface area contributed by atoms with Crippen LogP contribution in [0.25, 0.3) is 0 Å². The van der Waals surface area contributed by atoms with E-state index < -0.39 is 0 Å². The lowest BCUT2D eigenvalue weighted by atomic mass is 9.98. The first kappa shape index (κ1) is 12.0. The molecule has 88 valence electrons. The molecule has 1 aliphatic rings. The molecule has 0 bridgehead atoms. The summed E-state index contributed by atoms with van der Waals surface area (Å²) in [6, 6.07) is 0. The average Bonchev–Trinajstić information content (AvgIpc) is 2.31. The molecule has 0 spiro atoms. The van der Waals surface area contributed by atoms with E-state index in [-0.39, 0.29) is 5.56 Å². The summed E-state index contributed by atoms with van der Waals surface area (Å²) >= 11 is 2.05. The van der Waals surface area contributed by atoms with Crippen LogP contribution in [0.15, 0.2) is 11.0 Å². The first-order chi connectivity index (χ1) is 7.68. The summed E-state index contributed by atoms with van der Waals surface area (Å²) in [5.41, 5.74) is 0.103. The van der Waals surface area contributed by atoms with Gasteiger partial charge in [-0.3, -0.25) is 9.36 Å². The maximum absolute atomic E-state index is 12.0. The number of piperidine rings is 1. The molecule has 1 N–H and O–H groups in total. The molecule has 0 aliphatic carbocycles. The van der Waals surface area contributed by atoms with Crippen LogP contribution in [0, 0.1) is 16.4 Å². The van der Waals surface area contributed by atoms with E-state index in [0.29, 0.717) is 9.49 Å². The third-order valence-corrected chi connectivity index (χ3v) is 3.84. The lowest BCUT2D eigenvalue weighted by Crippen LogP contribution is -2.34. The van der Waals surface area contributed by atoms with Crippen molar-refractivity contribution in [3.8, 4) is 0 Å². The summed E-state index contributed by atoms with van der Waals surface area (Å²) < 4.78 is 2.52. The zero-order valence-corrected chi connectivity index (χ0v) is 11.5. The van der Waals surface area contributed by atoms with E-state index >= 15 is 0 Å². The maximum atomic E-state index is 12.0. The van der Waals surface area contributed by atoms with Crippen LogP contribution in [0.1, 0.15) is 18.7 Å². The molecular formula is C11H16IN3O. The van der Waals surface area contributed by atoms with Crippen molar-refractivity contribution in [3.05, 3.63) is 25.9 Å². The van der Waals surface area contributed by atoms with Gasteiger partial charge in [-0.2, -0.15) is 0 Å². The van der Waals surface area contributed by atoms with Crippen LogP contribution in [0.5, 0.6) is 0 Å². The Morgan fingerprint density at radius 2 is 2.25 bits per heavy atom. The molecule has 1 aromatic rings. The van der Waals surface area contributed by atoms with Gasteiger partial charge >= 0.3 is 0 Å². The molecule has 1 saturated heterocycles. The number of rotatable bonds is 2. The monoisotopic (exact) mass is 333 g/mol. The predicted molar refractivity (Wildman–Crippen MR) is 71.5 cm³/mol. The normalized spacial score (nSPS) is 17.6. The van der Waals surface area contributed by atoms with Crippen LogP contribution < -0.4 is 10.9 Å². The Morgan fingerprint density at radius 1 is 1.56 bits per heavy atom. The van der Waals surface area contributed by atoms with Gasteiger partial charge in [0.2, 0.25) is 0 Å². The number of aromatic nitrogens is 2. The largest absolute Gasteiger partial charge is 0.317 e. The summed E-state index contributed by atoms with van der Waals surface area (Å²) in [5.74, 6) is 1.43. The summed E-state index contributed by atoms with van der Waals surface area (Å²) in [5, 5.41) is 3.34. The second kappa shape index (κ2) is 5.27. The molecule has 0 radical (unpaired) electrons. The van der Waals surface area contributed by atoms with Crippen molar-refractivity contribution in [2.75, 3.05) is 13.1 Å². The number of nitrogens with one attached hydrogen (secondary N) is 1. The van der Waals surface area contributed by atoms with E-state index in [1.54, 1.807) is 6.20 Å². The molecule has 0 aromatic carbocycles. The van der Waals surface area contributed by atoms with Gasteiger partial charge in [0.05, 0.1) is 3.57 Å². The SMILES string of the molecule is Cc1ncc(I)c(=O)n1CC1CCNCC1. The molecule has 2 heterocycles. The van der Waals surface area contributed by atoms with Crippen molar-refractivity contribution in [2.45, 2.75) is 26.3 Å². The Bertz CT molecular complexity index is 424. The molecule has 1 aromatic heterocycles. The van der Waals surface area contributed by atoms with Gasteiger partial charge < -0.3 is 5.32 Å². The van der Waals surface area contributed by atoms with E-state index in [1.165, 1.54) is 0 Å². The van der Waals surface area contributed by atoms with Crippen molar-refractivity contribution in [1.29, 1.82) is 0 Å². The van der Waals surface area contributed by atoms with Crippen molar-refractivity contribution in [2.24, 2.45) is 5.92 Å². The minimum absolute atomic E-state index is 0.103. The van der Waals surface area contributed by atoms with E-state index in [4.69, 9.17) is 0 Å². The Balaban J connectivity index is 2.20. The molecule has 1 aliphatic heterocycles. The van der Waals surface area contributed by atoms with Gasteiger partial charge in [0.25, 0.3) is 5.56 Å². The van der Waals surface area contributed by atoms with Gasteiger partial charge in [-0.15, -0.1) is 0 Å². The molecule has 4 nitrogen and oxygen atoms in total. The molecule has 0 unspecified atom stereocenters. The van der Waals surface area contributed by atoms with Crippen LogP contribution in [0.2, 0.25) is 0 Å². The standard InChI is InChI=1S/C11H16IN3O/c1-8-14-6-10(12)11(16)15(8)7-9-2-4-13-5-3-9/h6,9,13H,2-5,7H2,1H3. The van der Waals surface area contributed by atoms with Crippen LogP contribution in [0.4, 0.5) is 0 Å². The minimum atomic E-state index is 0.103. The molecule has 5 heteroatoms. The summed E-state index contributed by atoms with van der Waals surface area (Å²) in [6.07, 6.45) is 3.95.